The minimum atomic E-state index is -0.726. The minimum absolute atomic E-state index is 0.0565. The molecule has 1 heterocycles. The van der Waals surface area contributed by atoms with Crippen LogP contribution in [-0.2, 0) is 94.0 Å². The quantitative estimate of drug-likeness (QED) is 0.0348. The predicted molar refractivity (Wildman–Crippen MR) is 302 cm³/mol. The Bertz CT molecular complexity index is 1740. The van der Waals surface area contributed by atoms with E-state index in [2.05, 4.69) is 90.5 Å². The van der Waals surface area contributed by atoms with E-state index in [0.29, 0.717) is 173 Å². The average Bonchev–Trinajstić information content (AvgIpc) is 3.88. The van der Waals surface area contributed by atoms with E-state index in [1.54, 1.807) is 34.4 Å². The first-order chi connectivity index (χ1) is 38.6. The van der Waals surface area contributed by atoms with Crippen LogP contribution in [0.1, 0.15) is 60.6 Å². The highest BCUT2D eigenvalue weighted by Gasteiger charge is 2.13. The standard InChI is InChI=1S/C51H95N9O18S2/c1-42(2)79-40-45(41-80-43(3)4)58-78-39-49(64)56-36-48(63)55-35-47(62)54-34-46(61)52-9-10-53-50(65)77-38-44-37-60(59-57-44)11-13-67-15-17-69-19-21-71-23-25-73-27-29-75-31-33-76-32-30-74-28-26-72-24-22-70-20-18-68-16-14-66-12-8-51(5,6)7/h37,42-43H,8-36,38-41H2,1-7H3,(H,52,61)(H,53,65)(H,54,62)(H,55,63)(H,56,64). The van der Waals surface area contributed by atoms with Crippen molar-refractivity contribution >= 4 is 59.0 Å². The number of hydrogen-bond donors (Lipinski definition) is 5. The lowest BCUT2D eigenvalue weighted by molar-refractivity contribution is -0.130. The molecule has 0 aliphatic heterocycles. The number of oxime groups is 1. The van der Waals surface area contributed by atoms with Gasteiger partial charge in [-0.3, -0.25) is 19.2 Å². The smallest absolute Gasteiger partial charge is 0.407 e. The Balaban J connectivity index is 1.87. The van der Waals surface area contributed by atoms with Gasteiger partial charge in [-0.1, -0.05) is 58.8 Å². The molecule has 80 heavy (non-hydrogen) atoms. The number of carbonyl (C=O) groups excluding carboxylic acids is 5. The number of alkyl carbamates (subject to hydrolysis) is 1. The zero-order valence-corrected chi connectivity index (χ0v) is 50.2. The van der Waals surface area contributed by atoms with Crippen LogP contribution in [0.3, 0.4) is 0 Å². The normalized spacial score (nSPS) is 11.5. The number of hydrogen-bond acceptors (Lipinski definition) is 23. The zero-order valence-electron chi connectivity index (χ0n) is 48.5. The second-order valence-electron chi connectivity index (χ2n) is 18.9. The molecule has 0 saturated carbocycles. The molecule has 1 aromatic heterocycles. The number of aromatic nitrogens is 3. The summed E-state index contributed by atoms with van der Waals surface area (Å²) in [7, 11) is 0. The predicted octanol–water partition coefficient (Wildman–Crippen LogP) is 1.24. The lowest BCUT2D eigenvalue weighted by Crippen LogP contribution is -2.45. The summed E-state index contributed by atoms with van der Waals surface area (Å²) in [6.07, 6.45) is 1.93. The third-order valence-corrected chi connectivity index (χ3v) is 12.1. The molecule has 27 nitrogen and oxygen atoms in total. The van der Waals surface area contributed by atoms with Gasteiger partial charge in [0, 0.05) is 31.2 Å². The highest BCUT2D eigenvalue weighted by atomic mass is 32.2. The van der Waals surface area contributed by atoms with E-state index in [1.165, 1.54) is 0 Å². The van der Waals surface area contributed by atoms with Crippen LogP contribution in [0.15, 0.2) is 11.4 Å². The van der Waals surface area contributed by atoms with Gasteiger partial charge in [0.05, 0.1) is 177 Å². The maximum Gasteiger partial charge on any atom is 0.407 e. The number of carbonyl (C=O) groups is 5. The van der Waals surface area contributed by atoms with Gasteiger partial charge in [0.2, 0.25) is 17.7 Å². The van der Waals surface area contributed by atoms with Gasteiger partial charge in [0.25, 0.3) is 5.91 Å². The number of nitrogens with zero attached hydrogens (tertiary/aromatic N) is 4. The molecule has 0 aliphatic carbocycles. The van der Waals surface area contributed by atoms with Crippen molar-refractivity contribution in [3.05, 3.63) is 11.9 Å². The SMILES string of the molecule is CC(C)SCC(CSC(C)C)=NOCC(=O)NCC(=O)NCC(=O)NCC(=O)NCCNC(=O)OCc1cn(CCOCCOCCOCCOCCOCCOCCOCCOCCOCCOCCOCCC(C)(C)C)nn1. The molecule has 1 rings (SSSR count). The molecule has 464 valence electrons. The maximum atomic E-state index is 12.1. The van der Waals surface area contributed by atoms with Gasteiger partial charge in [-0.15, -0.1) is 5.10 Å². The number of nitrogens with one attached hydrogen (secondary N) is 5. The summed E-state index contributed by atoms with van der Waals surface area (Å²) in [5, 5.41) is 25.1. The largest absolute Gasteiger partial charge is 0.443 e. The molecule has 1 aromatic rings. The van der Waals surface area contributed by atoms with Crippen molar-refractivity contribution in [2.24, 2.45) is 10.6 Å². The van der Waals surface area contributed by atoms with Crippen LogP contribution in [0.25, 0.3) is 0 Å². The molecule has 0 fully saturated rings. The fraction of sp³-hybridized carbons (Fsp3) is 0.843. The van der Waals surface area contributed by atoms with Gasteiger partial charge >= 0.3 is 6.09 Å². The van der Waals surface area contributed by atoms with E-state index < -0.39 is 36.3 Å². The van der Waals surface area contributed by atoms with Crippen molar-refractivity contribution in [1.29, 1.82) is 0 Å². The van der Waals surface area contributed by atoms with Gasteiger partial charge in [-0.25, -0.2) is 9.48 Å². The zero-order chi connectivity index (χ0) is 58.6. The monoisotopic (exact) mass is 1190 g/mol. The molecule has 5 amide bonds. The maximum absolute atomic E-state index is 12.1. The van der Waals surface area contributed by atoms with Crippen molar-refractivity contribution in [2.45, 2.75) is 78.5 Å². The van der Waals surface area contributed by atoms with E-state index >= 15 is 0 Å². The number of ether oxygens (including phenoxy) is 12. The number of amides is 5. The third kappa shape index (κ3) is 52.1. The van der Waals surface area contributed by atoms with Crippen molar-refractivity contribution < 1.29 is 85.7 Å². The number of rotatable bonds is 55. The van der Waals surface area contributed by atoms with E-state index in [1.807, 2.05) is 0 Å². The van der Waals surface area contributed by atoms with Gasteiger partial charge in [-0.05, 0) is 22.3 Å². The average molecular weight is 1190 g/mol. The molecular formula is C51H95N9O18S2. The Morgan fingerprint density at radius 1 is 0.512 bits per heavy atom. The van der Waals surface area contributed by atoms with E-state index in [0.717, 1.165) is 18.7 Å². The minimum Gasteiger partial charge on any atom is -0.443 e. The Morgan fingerprint density at radius 2 is 0.875 bits per heavy atom. The van der Waals surface area contributed by atoms with Crippen molar-refractivity contribution in [3.63, 3.8) is 0 Å². The van der Waals surface area contributed by atoms with Gasteiger partial charge in [0.1, 0.15) is 12.3 Å². The molecule has 0 spiro atoms. The molecule has 0 saturated heterocycles. The van der Waals surface area contributed by atoms with Gasteiger partial charge in [0.15, 0.2) is 6.61 Å². The Morgan fingerprint density at radius 3 is 1.27 bits per heavy atom. The topological polar surface area (TPSA) is 309 Å². The highest BCUT2D eigenvalue weighted by molar-refractivity contribution is 8.02. The van der Waals surface area contributed by atoms with Crippen molar-refractivity contribution in [3.8, 4) is 0 Å². The summed E-state index contributed by atoms with van der Waals surface area (Å²) in [6, 6.07) is 0. The summed E-state index contributed by atoms with van der Waals surface area (Å²) in [4.78, 5) is 65.7. The second-order valence-corrected chi connectivity index (χ2v) is 22.0. The summed E-state index contributed by atoms with van der Waals surface area (Å²) in [5.41, 5.74) is 1.54. The summed E-state index contributed by atoms with van der Waals surface area (Å²) in [6.45, 7) is 24.6. The van der Waals surface area contributed by atoms with Crippen LogP contribution in [0.2, 0.25) is 0 Å². The second kappa shape index (κ2) is 51.9. The summed E-state index contributed by atoms with van der Waals surface area (Å²) >= 11 is 3.45. The molecule has 0 aromatic carbocycles. The van der Waals surface area contributed by atoms with Crippen LogP contribution >= 0.6 is 23.5 Å². The molecule has 0 atom stereocenters. The first-order valence-corrected chi connectivity index (χ1v) is 29.3. The van der Waals surface area contributed by atoms with Crippen molar-refractivity contribution in [1.82, 2.24) is 41.6 Å². The molecule has 0 unspecified atom stereocenters. The molecular weight excluding hydrogens is 1090 g/mol. The van der Waals surface area contributed by atoms with E-state index in [4.69, 9.17) is 61.7 Å². The van der Waals surface area contributed by atoms with Crippen LogP contribution in [-0.4, -0.2) is 257 Å². The molecule has 0 bridgehead atoms. The molecule has 29 heteroatoms. The molecule has 0 radical (unpaired) electrons. The molecule has 5 N–H and O–H groups in total. The Hall–Kier alpha value is -3.98. The lowest BCUT2D eigenvalue weighted by Gasteiger charge is -2.17. The van der Waals surface area contributed by atoms with Crippen LogP contribution in [0.4, 0.5) is 4.79 Å². The van der Waals surface area contributed by atoms with E-state index in [-0.39, 0.29) is 44.8 Å². The summed E-state index contributed by atoms with van der Waals surface area (Å²) < 4.78 is 67.4. The fourth-order valence-electron chi connectivity index (χ4n) is 5.49. The van der Waals surface area contributed by atoms with E-state index in [9.17, 15) is 24.0 Å². The molecule has 0 aliphatic rings. The first-order valence-electron chi connectivity index (χ1n) is 27.3. The third-order valence-electron chi connectivity index (χ3n) is 9.73. The Kier molecular flexibility index (Phi) is 48.0. The lowest BCUT2D eigenvalue weighted by atomic mass is 9.93. The highest BCUT2D eigenvalue weighted by Crippen LogP contribution is 2.18. The Labute approximate surface area is 481 Å². The number of thioether (sulfide) groups is 2. The van der Waals surface area contributed by atoms with Crippen molar-refractivity contribution in [2.75, 3.05) is 196 Å². The van der Waals surface area contributed by atoms with Gasteiger partial charge in [-0.2, -0.15) is 23.5 Å². The van der Waals surface area contributed by atoms with Crippen LogP contribution < -0.4 is 26.6 Å². The fourth-order valence-corrected chi connectivity index (χ4v) is 6.98. The van der Waals surface area contributed by atoms with Crippen LogP contribution in [0.5, 0.6) is 0 Å². The van der Waals surface area contributed by atoms with Gasteiger partial charge < -0.3 is 88.3 Å². The van der Waals surface area contributed by atoms with Crippen LogP contribution in [0, 0.1) is 5.41 Å². The summed E-state index contributed by atoms with van der Waals surface area (Å²) in [5.74, 6) is -0.916. The first kappa shape index (κ1) is 74.0.